The topological polar surface area (TPSA) is 103 Å². The van der Waals surface area contributed by atoms with Crippen molar-refractivity contribution >= 4 is 48.9 Å². The van der Waals surface area contributed by atoms with E-state index in [-0.39, 0.29) is 54.4 Å². The summed E-state index contributed by atoms with van der Waals surface area (Å²) < 4.78 is 32.0. The minimum atomic E-state index is -5.52. The van der Waals surface area contributed by atoms with Gasteiger partial charge in [0, 0.05) is 0 Å². The van der Waals surface area contributed by atoms with Crippen LogP contribution in [0.2, 0.25) is 0 Å². The van der Waals surface area contributed by atoms with Crippen LogP contribution in [-0.2, 0) is 29.0 Å². The number of rotatable bonds is 0. The van der Waals surface area contributed by atoms with Crippen LogP contribution in [0.1, 0.15) is 0 Å². The van der Waals surface area contributed by atoms with E-state index in [1.165, 1.54) is 0 Å². The maximum atomic E-state index is 8.85. The van der Waals surface area contributed by atoms with Gasteiger partial charge in [0.1, 0.15) is 0 Å². The van der Waals surface area contributed by atoms with Gasteiger partial charge in [-0.05, 0) is 0 Å². The van der Waals surface area contributed by atoms with Crippen molar-refractivity contribution in [1.29, 1.82) is 0 Å². The van der Waals surface area contributed by atoms with Crippen molar-refractivity contribution in [3.05, 3.63) is 0 Å². The Morgan fingerprint density at radius 3 is 1.14 bits per heavy atom. The maximum absolute atomic E-state index is 8.85. The predicted molar refractivity (Wildman–Crippen MR) is 12.3 cm³/mol. The third-order valence-corrected chi connectivity index (χ3v) is 0. The Labute approximate surface area is 83.8 Å². The fourth-order valence-electron chi connectivity index (χ4n) is 0. The summed E-state index contributed by atoms with van der Waals surface area (Å²) in [6.45, 7) is 0. The molecule has 40 valence electrons. The molecule has 0 bridgehead atoms. The zero-order valence-electron chi connectivity index (χ0n) is 3.23. The Balaban J connectivity index is -0.0000000800. The molecule has 0 amide bonds. The molecule has 0 aromatic rings. The summed E-state index contributed by atoms with van der Waals surface area (Å²) in [5, 5.41) is 0. The molecule has 7 heavy (non-hydrogen) atoms. The molecule has 2 N–H and O–H groups in total. The van der Waals surface area contributed by atoms with Gasteiger partial charge in [-0.2, -0.15) is 0 Å². The minimum absolute atomic E-state index is 0. The van der Waals surface area contributed by atoms with E-state index in [9.17, 15) is 0 Å². The van der Waals surface area contributed by atoms with Crippen LogP contribution in [0.15, 0.2) is 0 Å². The van der Waals surface area contributed by atoms with Crippen LogP contribution in [0.5, 0.6) is 0 Å². The molecule has 0 aromatic heterocycles. The Kier molecular flexibility index (Phi) is 13.3. The van der Waals surface area contributed by atoms with Gasteiger partial charge >= 0.3 is 79.9 Å². The molecule has 0 atom stereocenters. The summed E-state index contributed by atoms with van der Waals surface area (Å²) in [6, 6.07) is 0. The van der Waals surface area contributed by atoms with Gasteiger partial charge in [0.05, 0.1) is 0 Å². The zero-order valence-corrected chi connectivity index (χ0v) is 9.68. The SMILES string of the molecule is [Ba+2].[O-2].[O]=[Mo](=[O])([OH])[OH]. The molecule has 0 saturated carbocycles. The van der Waals surface area contributed by atoms with Crippen molar-refractivity contribution in [3.63, 3.8) is 0 Å². The second-order valence-electron chi connectivity index (χ2n) is 0.448. The molecule has 0 unspecified atom stereocenters. The fraction of sp³-hybridized carbons (Fsp3) is 0. The molecule has 0 spiro atoms. The first-order valence-corrected chi connectivity index (χ1v) is 4.13. The van der Waals surface area contributed by atoms with Gasteiger partial charge in [0.25, 0.3) is 0 Å². The van der Waals surface area contributed by atoms with Gasteiger partial charge in [-0.3, -0.25) is 0 Å². The van der Waals surface area contributed by atoms with Crippen LogP contribution in [0.4, 0.5) is 0 Å². The van der Waals surface area contributed by atoms with E-state index in [1.807, 2.05) is 0 Å². The summed E-state index contributed by atoms with van der Waals surface area (Å²) in [5.41, 5.74) is 0. The van der Waals surface area contributed by atoms with Crippen LogP contribution in [0.25, 0.3) is 0 Å². The molecule has 0 aliphatic heterocycles. The van der Waals surface area contributed by atoms with E-state index in [0.29, 0.717) is 0 Å². The van der Waals surface area contributed by atoms with Crippen molar-refractivity contribution in [2.45, 2.75) is 0 Å². The van der Waals surface area contributed by atoms with Gasteiger partial charge in [-0.1, -0.05) is 0 Å². The third kappa shape index (κ3) is 84.2. The molecule has 0 aromatic carbocycles. The summed E-state index contributed by atoms with van der Waals surface area (Å²) in [5.74, 6) is 0. The van der Waals surface area contributed by atoms with Crippen molar-refractivity contribution < 1.29 is 36.5 Å². The first kappa shape index (κ1) is 15.9. The molecular formula is H2BaMoO5. The molecule has 0 aliphatic carbocycles. The van der Waals surface area contributed by atoms with Crippen LogP contribution in [0, 0.1) is 0 Å². The first-order valence-electron chi connectivity index (χ1n) is 0.698. The van der Waals surface area contributed by atoms with E-state index < -0.39 is 16.7 Å². The average molecular weight is 315 g/mol. The molecule has 0 fully saturated rings. The van der Waals surface area contributed by atoms with Gasteiger partial charge < -0.3 is 5.48 Å². The van der Waals surface area contributed by atoms with E-state index in [4.69, 9.17) is 14.3 Å². The monoisotopic (exact) mass is 318 g/mol. The predicted octanol–water partition coefficient (Wildman–Crippen LogP) is -1.85. The molecule has 5 nitrogen and oxygen atoms in total. The Bertz CT molecular complexity index is 91.2. The quantitative estimate of drug-likeness (QED) is 0.512. The van der Waals surface area contributed by atoms with Crippen LogP contribution >= 0.6 is 0 Å². The fourth-order valence-corrected chi connectivity index (χ4v) is 0. The summed E-state index contributed by atoms with van der Waals surface area (Å²) >= 11 is -5.52. The van der Waals surface area contributed by atoms with E-state index in [2.05, 4.69) is 0 Å². The Morgan fingerprint density at radius 1 is 1.14 bits per heavy atom. The zero-order chi connectivity index (χ0) is 4.50. The van der Waals surface area contributed by atoms with Crippen LogP contribution in [0.3, 0.4) is 0 Å². The second-order valence-corrected chi connectivity index (χ2v) is 2.65. The first-order chi connectivity index (χ1) is 2.00. The molecule has 0 radical (unpaired) electrons. The van der Waals surface area contributed by atoms with Crippen molar-refractivity contribution in [2.24, 2.45) is 0 Å². The van der Waals surface area contributed by atoms with Crippen molar-refractivity contribution in [3.8, 4) is 0 Å². The molecule has 0 aliphatic rings. The number of hydrogen-bond donors (Lipinski definition) is 2. The van der Waals surface area contributed by atoms with E-state index >= 15 is 0 Å². The molecule has 7 heteroatoms. The van der Waals surface area contributed by atoms with Gasteiger partial charge in [-0.25, -0.2) is 0 Å². The van der Waals surface area contributed by atoms with Crippen molar-refractivity contribution in [1.82, 2.24) is 0 Å². The molecule has 0 saturated heterocycles. The Hall–Kier alpha value is 1.74. The summed E-state index contributed by atoms with van der Waals surface area (Å²) in [4.78, 5) is 0. The standard InChI is InChI=1S/Ba.Mo.2H2O.3O/h;;2*1H2;;;/q2*+2;;;;;-2/p-2. The van der Waals surface area contributed by atoms with E-state index in [0.717, 1.165) is 0 Å². The van der Waals surface area contributed by atoms with Gasteiger partial charge in [-0.15, -0.1) is 0 Å². The molecular weight excluding hydrogens is 313 g/mol. The normalized spacial score (nSPS) is 8.29. The van der Waals surface area contributed by atoms with Gasteiger partial charge in [0.2, 0.25) is 0 Å². The molecule has 0 heterocycles. The van der Waals surface area contributed by atoms with Crippen LogP contribution < -0.4 is 0 Å². The summed E-state index contributed by atoms with van der Waals surface area (Å²) in [7, 11) is 0. The Morgan fingerprint density at radius 2 is 1.14 bits per heavy atom. The number of hydrogen-bond acceptors (Lipinski definition) is 2. The summed E-state index contributed by atoms with van der Waals surface area (Å²) in [6.07, 6.45) is 0. The van der Waals surface area contributed by atoms with Crippen LogP contribution in [-0.4, -0.2) is 56.4 Å². The van der Waals surface area contributed by atoms with E-state index in [1.54, 1.807) is 0 Å². The van der Waals surface area contributed by atoms with Crippen molar-refractivity contribution in [2.75, 3.05) is 0 Å². The third-order valence-electron chi connectivity index (χ3n) is 0. The second kappa shape index (κ2) is 5.87. The average Bonchev–Trinajstić information content (AvgIpc) is 0.722. The van der Waals surface area contributed by atoms with Gasteiger partial charge in [0.15, 0.2) is 0 Å². The molecule has 0 rings (SSSR count).